The smallest absolute Gasteiger partial charge is 0.261 e. The molecule has 2 aromatic rings. The lowest BCUT2D eigenvalue weighted by Crippen LogP contribution is -2.13. The molecule has 21 heavy (non-hydrogen) atoms. The van der Waals surface area contributed by atoms with Crippen molar-refractivity contribution in [3.63, 3.8) is 0 Å². The second-order valence-electron chi connectivity index (χ2n) is 4.67. The fraction of sp³-hybridized carbons (Fsp3) is 0.133. The van der Waals surface area contributed by atoms with Gasteiger partial charge in [-0.3, -0.25) is 4.72 Å². The summed E-state index contributed by atoms with van der Waals surface area (Å²) in [5.74, 6) is 0. The molecule has 0 spiro atoms. The van der Waals surface area contributed by atoms with Gasteiger partial charge in [0.2, 0.25) is 0 Å². The Kier molecular flexibility index (Phi) is 4.35. The first-order valence-corrected chi connectivity index (χ1v) is 8.41. The van der Waals surface area contributed by atoms with Crippen molar-refractivity contribution in [1.82, 2.24) is 0 Å². The Morgan fingerprint density at radius 1 is 1.10 bits per heavy atom. The quantitative estimate of drug-likeness (QED) is 0.901. The van der Waals surface area contributed by atoms with Crippen molar-refractivity contribution >= 4 is 31.6 Å². The Bertz CT molecular complexity index is 799. The molecule has 2 aromatic carbocycles. The van der Waals surface area contributed by atoms with Crippen LogP contribution < -0.4 is 4.72 Å². The zero-order chi connectivity index (χ0) is 15.6. The number of benzene rings is 2. The van der Waals surface area contributed by atoms with Crippen LogP contribution in [0.5, 0.6) is 0 Å². The first kappa shape index (κ1) is 15.5. The molecule has 4 nitrogen and oxygen atoms in total. The van der Waals surface area contributed by atoms with E-state index in [1.165, 1.54) is 24.3 Å². The van der Waals surface area contributed by atoms with Crippen LogP contribution in [0.1, 0.15) is 16.7 Å². The molecule has 6 heteroatoms. The van der Waals surface area contributed by atoms with E-state index in [1.807, 2.05) is 19.9 Å². The first-order chi connectivity index (χ1) is 9.83. The lowest BCUT2D eigenvalue weighted by atomic mass is 10.1. The summed E-state index contributed by atoms with van der Waals surface area (Å²) in [6, 6.07) is 11.3. The van der Waals surface area contributed by atoms with Crippen LogP contribution in [0, 0.1) is 25.2 Å². The number of halogens is 1. The van der Waals surface area contributed by atoms with Gasteiger partial charge in [-0.05, 0) is 61.4 Å². The molecule has 0 aliphatic heterocycles. The first-order valence-electron chi connectivity index (χ1n) is 6.13. The zero-order valence-electron chi connectivity index (χ0n) is 11.5. The summed E-state index contributed by atoms with van der Waals surface area (Å²) in [4.78, 5) is 0.125. The molecule has 0 saturated heterocycles. The molecular weight excluding hydrogens is 352 g/mol. The Balaban J connectivity index is 2.35. The Labute approximate surface area is 132 Å². The Morgan fingerprint density at radius 3 is 2.10 bits per heavy atom. The normalized spacial score (nSPS) is 11.0. The van der Waals surface area contributed by atoms with Crippen LogP contribution in [0.25, 0.3) is 0 Å². The number of sulfonamides is 1. The largest absolute Gasteiger partial charge is 0.280 e. The van der Waals surface area contributed by atoms with E-state index < -0.39 is 10.0 Å². The van der Waals surface area contributed by atoms with Crippen LogP contribution >= 0.6 is 15.9 Å². The van der Waals surface area contributed by atoms with E-state index in [1.54, 1.807) is 12.1 Å². The molecule has 0 amide bonds. The van der Waals surface area contributed by atoms with Crippen molar-refractivity contribution in [3.8, 4) is 6.07 Å². The molecule has 0 saturated carbocycles. The summed E-state index contributed by atoms with van der Waals surface area (Å²) in [6.07, 6.45) is 0. The number of anilines is 1. The molecule has 0 atom stereocenters. The van der Waals surface area contributed by atoms with Gasteiger partial charge in [-0.15, -0.1) is 0 Å². The van der Waals surface area contributed by atoms with Crippen LogP contribution in [-0.4, -0.2) is 8.42 Å². The van der Waals surface area contributed by atoms with Gasteiger partial charge < -0.3 is 0 Å². The molecule has 0 bridgehead atoms. The van der Waals surface area contributed by atoms with Crippen LogP contribution in [-0.2, 0) is 10.0 Å². The lowest BCUT2D eigenvalue weighted by molar-refractivity contribution is 0.601. The summed E-state index contributed by atoms with van der Waals surface area (Å²) in [5, 5.41) is 8.73. The van der Waals surface area contributed by atoms with Crippen molar-refractivity contribution < 1.29 is 8.42 Å². The van der Waals surface area contributed by atoms with Crippen LogP contribution in [0.4, 0.5) is 5.69 Å². The number of aryl methyl sites for hydroxylation is 2. The van der Waals surface area contributed by atoms with E-state index in [9.17, 15) is 8.42 Å². The highest BCUT2D eigenvalue weighted by atomic mass is 79.9. The van der Waals surface area contributed by atoms with Gasteiger partial charge in [0.15, 0.2) is 0 Å². The molecule has 0 heterocycles. The number of hydrogen-bond donors (Lipinski definition) is 1. The number of rotatable bonds is 3. The highest BCUT2D eigenvalue weighted by Gasteiger charge is 2.15. The maximum absolute atomic E-state index is 12.3. The lowest BCUT2D eigenvalue weighted by Gasteiger charge is -2.11. The summed E-state index contributed by atoms with van der Waals surface area (Å²) in [5.41, 5.74) is 2.84. The predicted molar refractivity (Wildman–Crippen MR) is 85.6 cm³/mol. The van der Waals surface area contributed by atoms with Gasteiger partial charge in [0.25, 0.3) is 10.0 Å². The van der Waals surface area contributed by atoms with Gasteiger partial charge in [0, 0.05) is 10.2 Å². The molecule has 1 N–H and O–H groups in total. The van der Waals surface area contributed by atoms with Gasteiger partial charge >= 0.3 is 0 Å². The topological polar surface area (TPSA) is 70.0 Å². The molecule has 2 rings (SSSR count). The molecule has 0 aromatic heterocycles. The molecule has 0 fully saturated rings. The Hall–Kier alpha value is -1.84. The standard InChI is InChI=1S/C15H13BrN2O2S/c1-10-7-13(8-11(2)15(10)16)18-21(19,20)14-5-3-12(9-17)4-6-14/h3-8,18H,1-2H3. The second kappa shape index (κ2) is 5.88. The number of nitrogens with zero attached hydrogens (tertiary/aromatic N) is 1. The second-order valence-corrected chi connectivity index (χ2v) is 7.14. The van der Waals surface area contributed by atoms with Crippen LogP contribution in [0.2, 0.25) is 0 Å². The molecule has 108 valence electrons. The fourth-order valence-electron chi connectivity index (χ4n) is 1.93. The van der Waals surface area contributed by atoms with Gasteiger partial charge in [-0.25, -0.2) is 8.42 Å². The average Bonchev–Trinajstić information content (AvgIpc) is 2.44. The highest BCUT2D eigenvalue weighted by molar-refractivity contribution is 9.10. The zero-order valence-corrected chi connectivity index (χ0v) is 13.9. The number of hydrogen-bond acceptors (Lipinski definition) is 3. The Morgan fingerprint density at radius 2 is 1.62 bits per heavy atom. The third kappa shape index (κ3) is 3.43. The van der Waals surface area contributed by atoms with E-state index >= 15 is 0 Å². The third-order valence-corrected chi connectivity index (χ3v) is 5.63. The van der Waals surface area contributed by atoms with Crippen LogP contribution in [0.15, 0.2) is 45.8 Å². The van der Waals surface area contributed by atoms with E-state index in [0.717, 1.165) is 15.6 Å². The van der Waals surface area contributed by atoms with Gasteiger partial charge in [-0.1, -0.05) is 15.9 Å². The van der Waals surface area contributed by atoms with Crippen molar-refractivity contribution in [2.75, 3.05) is 4.72 Å². The molecule has 0 unspecified atom stereocenters. The maximum atomic E-state index is 12.3. The van der Waals surface area contributed by atoms with E-state index in [4.69, 9.17) is 5.26 Å². The van der Waals surface area contributed by atoms with Crippen molar-refractivity contribution in [2.45, 2.75) is 18.7 Å². The van der Waals surface area contributed by atoms with E-state index in [2.05, 4.69) is 20.7 Å². The third-order valence-electron chi connectivity index (χ3n) is 2.98. The highest BCUT2D eigenvalue weighted by Crippen LogP contribution is 2.26. The molecular formula is C15H13BrN2O2S. The maximum Gasteiger partial charge on any atom is 0.261 e. The van der Waals surface area contributed by atoms with Crippen LogP contribution in [0.3, 0.4) is 0 Å². The molecule has 0 radical (unpaired) electrons. The van der Waals surface area contributed by atoms with Crippen molar-refractivity contribution in [2.24, 2.45) is 0 Å². The summed E-state index contributed by atoms with van der Waals surface area (Å²) < 4.78 is 28.1. The van der Waals surface area contributed by atoms with E-state index in [-0.39, 0.29) is 4.90 Å². The van der Waals surface area contributed by atoms with Crippen molar-refractivity contribution in [3.05, 3.63) is 57.6 Å². The van der Waals surface area contributed by atoms with Gasteiger partial charge in [0.05, 0.1) is 16.5 Å². The van der Waals surface area contributed by atoms with Gasteiger partial charge in [-0.2, -0.15) is 5.26 Å². The SMILES string of the molecule is Cc1cc(NS(=O)(=O)c2ccc(C#N)cc2)cc(C)c1Br. The number of nitriles is 1. The fourth-order valence-corrected chi connectivity index (χ4v) is 3.20. The molecule has 0 aliphatic carbocycles. The summed E-state index contributed by atoms with van der Waals surface area (Å²) >= 11 is 3.45. The minimum atomic E-state index is -3.66. The molecule has 0 aliphatic rings. The van der Waals surface area contributed by atoms with Crippen molar-refractivity contribution in [1.29, 1.82) is 5.26 Å². The minimum absolute atomic E-state index is 0.125. The average molecular weight is 365 g/mol. The van der Waals surface area contributed by atoms with E-state index in [0.29, 0.717) is 11.3 Å². The number of nitrogens with one attached hydrogen (secondary N) is 1. The summed E-state index contributed by atoms with van der Waals surface area (Å²) in [7, 11) is -3.66. The summed E-state index contributed by atoms with van der Waals surface area (Å²) in [6.45, 7) is 3.80. The minimum Gasteiger partial charge on any atom is -0.280 e. The van der Waals surface area contributed by atoms with Gasteiger partial charge in [0.1, 0.15) is 0 Å². The predicted octanol–water partition coefficient (Wildman–Crippen LogP) is 3.74. The monoisotopic (exact) mass is 364 g/mol.